The molecule has 0 spiro atoms. The second-order valence-corrected chi connectivity index (χ2v) is 7.62. The summed E-state index contributed by atoms with van der Waals surface area (Å²) in [6.45, 7) is 3.70. The van der Waals surface area contributed by atoms with Crippen molar-refractivity contribution in [2.45, 2.75) is 6.10 Å². The van der Waals surface area contributed by atoms with Crippen molar-refractivity contribution in [1.82, 2.24) is 9.80 Å². The van der Waals surface area contributed by atoms with Gasteiger partial charge in [0.1, 0.15) is 0 Å². The number of amides is 2. The molecule has 0 bridgehead atoms. The maximum absolute atomic E-state index is 12.4. The number of aliphatic hydroxyl groups is 1. The highest BCUT2D eigenvalue weighted by Crippen LogP contribution is 2.23. The summed E-state index contributed by atoms with van der Waals surface area (Å²) in [4.78, 5) is 30.4. The normalized spacial score (nSPS) is 17.9. The number of piperazine rings is 1. The van der Waals surface area contributed by atoms with E-state index in [4.69, 9.17) is 11.6 Å². The summed E-state index contributed by atoms with van der Waals surface area (Å²) in [5.41, 5.74) is 1.92. The minimum atomic E-state index is -0.778. The standard InChI is InChI=1S/C21H22ClN3O3.ClH/c22-15-4-3-5-16(12-15)24-10-8-23(9-11-24)13-17(26)14-25-20(27)18-6-1-2-7-19(18)21(25)28;/h1-7,12,17,26H,8-11,13-14H2;1H. The zero-order chi connectivity index (χ0) is 19.7. The van der Waals surface area contributed by atoms with Crippen molar-refractivity contribution in [3.8, 4) is 0 Å². The fraction of sp³-hybridized carbons (Fsp3) is 0.333. The highest BCUT2D eigenvalue weighted by molar-refractivity contribution is 6.30. The molecule has 2 aromatic rings. The van der Waals surface area contributed by atoms with Crippen molar-refractivity contribution < 1.29 is 14.7 Å². The van der Waals surface area contributed by atoms with Crippen molar-refractivity contribution >= 4 is 41.5 Å². The molecule has 1 N–H and O–H groups in total. The molecule has 0 radical (unpaired) electrons. The molecule has 0 saturated carbocycles. The molecular formula is C21H23Cl2N3O3. The number of imide groups is 1. The number of carbonyl (C=O) groups excluding carboxylic acids is 2. The number of nitrogens with zero attached hydrogens (tertiary/aromatic N) is 3. The lowest BCUT2D eigenvalue weighted by atomic mass is 10.1. The predicted molar refractivity (Wildman–Crippen MR) is 115 cm³/mol. The fourth-order valence-electron chi connectivity index (χ4n) is 3.83. The molecule has 2 aliphatic rings. The van der Waals surface area contributed by atoms with Crippen LogP contribution >= 0.6 is 24.0 Å². The minimum absolute atomic E-state index is 0. The average Bonchev–Trinajstić information content (AvgIpc) is 2.94. The molecule has 0 aromatic heterocycles. The Morgan fingerprint density at radius 2 is 1.52 bits per heavy atom. The van der Waals surface area contributed by atoms with Crippen LogP contribution in [0.15, 0.2) is 48.5 Å². The first-order valence-corrected chi connectivity index (χ1v) is 9.77. The quantitative estimate of drug-likeness (QED) is 0.730. The lowest BCUT2D eigenvalue weighted by Gasteiger charge is -2.37. The van der Waals surface area contributed by atoms with Crippen molar-refractivity contribution in [2.75, 3.05) is 44.2 Å². The van der Waals surface area contributed by atoms with Crippen LogP contribution < -0.4 is 4.90 Å². The Bertz CT molecular complexity index is 865. The van der Waals surface area contributed by atoms with Gasteiger partial charge in [-0.15, -0.1) is 12.4 Å². The van der Waals surface area contributed by atoms with Gasteiger partial charge in [-0.2, -0.15) is 0 Å². The molecule has 1 atom stereocenters. The van der Waals surface area contributed by atoms with E-state index in [1.807, 2.05) is 24.3 Å². The number of anilines is 1. The van der Waals surface area contributed by atoms with Crippen molar-refractivity contribution in [1.29, 1.82) is 0 Å². The van der Waals surface area contributed by atoms with Gasteiger partial charge in [0.2, 0.25) is 0 Å². The van der Waals surface area contributed by atoms with Crippen LogP contribution in [0.25, 0.3) is 0 Å². The van der Waals surface area contributed by atoms with E-state index < -0.39 is 6.10 Å². The number of aliphatic hydroxyl groups excluding tert-OH is 1. The summed E-state index contributed by atoms with van der Waals surface area (Å²) in [6, 6.07) is 14.6. The van der Waals surface area contributed by atoms with Crippen LogP contribution in [0.1, 0.15) is 20.7 Å². The van der Waals surface area contributed by atoms with Gasteiger partial charge in [0.15, 0.2) is 0 Å². The van der Waals surface area contributed by atoms with Gasteiger partial charge in [-0.1, -0.05) is 29.8 Å². The van der Waals surface area contributed by atoms with Crippen molar-refractivity contribution in [3.63, 3.8) is 0 Å². The lowest BCUT2D eigenvalue weighted by Crippen LogP contribution is -2.50. The third-order valence-corrected chi connectivity index (χ3v) is 5.52. The maximum atomic E-state index is 12.4. The lowest BCUT2D eigenvalue weighted by molar-refractivity contribution is 0.0469. The van der Waals surface area contributed by atoms with E-state index in [9.17, 15) is 14.7 Å². The van der Waals surface area contributed by atoms with Crippen LogP contribution in [0.2, 0.25) is 5.02 Å². The van der Waals surface area contributed by atoms with Gasteiger partial charge >= 0.3 is 0 Å². The molecule has 1 unspecified atom stereocenters. The Hall–Kier alpha value is -2.12. The Kier molecular flexibility index (Phi) is 6.80. The van der Waals surface area contributed by atoms with Gasteiger partial charge in [0, 0.05) is 43.4 Å². The highest BCUT2D eigenvalue weighted by atomic mass is 35.5. The summed E-state index contributed by atoms with van der Waals surface area (Å²) < 4.78 is 0. The highest BCUT2D eigenvalue weighted by Gasteiger charge is 2.36. The monoisotopic (exact) mass is 435 g/mol. The molecule has 2 amide bonds. The van der Waals surface area contributed by atoms with Gasteiger partial charge in [0.25, 0.3) is 11.8 Å². The van der Waals surface area contributed by atoms with Crippen LogP contribution in [0.3, 0.4) is 0 Å². The first-order chi connectivity index (χ1) is 13.5. The average molecular weight is 436 g/mol. The topological polar surface area (TPSA) is 64.1 Å². The van der Waals surface area contributed by atoms with E-state index in [0.29, 0.717) is 17.7 Å². The number of hydrogen-bond donors (Lipinski definition) is 1. The molecule has 1 saturated heterocycles. The molecule has 2 aromatic carbocycles. The molecule has 8 heteroatoms. The Morgan fingerprint density at radius 3 is 2.10 bits per heavy atom. The van der Waals surface area contributed by atoms with Gasteiger partial charge in [-0.3, -0.25) is 19.4 Å². The second-order valence-electron chi connectivity index (χ2n) is 7.19. The Labute approximate surface area is 181 Å². The number of halogens is 2. The van der Waals surface area contributed by atoms with E-state index in [1.54, 1.807) is 24.3 Å². The summed E-state index contributed by atoms with van der Waals surface area (Å²) in [6.07, 6.45) is -0.778. The zero-order valence-corrected chi connectivity index (χ0v) is 17.4. The molecule has 2 heterocycles. The Balaban J connectivity index is 0.00000240. The van der Waals surface area contributed by atoms with Crippen molar-refractivity contribution in [2.24, 2.45) is 0 Å². The van der Waals surface area contributed by atoms with E-state index in [0.717, 1.165) is 41.8 Å². The Morgan fingerprint density at radius 1 is 0.897 bits per heavy atom. The number of fused-ring (bicyclic) bond motifs is 1. The molecular weight excluding hydrogens is 413 g/mol. The molecule has 4 rings (SSSR count). The second kappa shape index (κ2) is 9.13. The first-order valence-electron chi connectivity index (χ1n) is 9.39. The number of carbonyl (C=O) groups is 2. The van der Waals surface area contributed by atoms with Crippen LogP contribution in [0, 0.1) is 0 Å². The van der Waals surface area contributed by atoms with Gasteiger partial charge < -0.3 is 10.0 Å². The number of rotatable bonds is 5. The molecule has 154 valence electrons. The SMILES string of the molecule is Cl.O=C1c2ccccc2C(=O)N1CC(O)CN1CCN(c2cccc(Cl)c2)CC1. The van der Waals surface area contributed by atoms with Gasteiger partial charge in [-0.05, 0) is 30.3 Å². The largest absolute Gasteiger partial charge is 0.390 e. The zero-order valence-electron chi connectivity index (χ0n) is 15.8. The summed E-state index contributed by atoms with van der Waals surface area (Å²) >= 11 is 6.07. The molecule has 0 aliphatic carbocycles. The predicted octanol–water partition coefficient (Wildman–Crippen LogP) is 2.54. The molecule has 2 aliphatic heterocycles. The molecule has 6 nitrogen and oxygen atoms in total. The van der Waals surface area contributed by atoms with E-state index in [1.165, 1.54) is 0 Å². The number of benzene rings is 2. The smallest absolute Gasteiger partial charge is 0.261 e. The van der Waals surface area contributed by atoms with Gasteiger partial charge in [-0.25, -0.2) is 0 Å². The van der Waals surface area contributed by atoms with E-state index >= 15 is 0 Å². The number of hydrogen-bond acceptors (Lipinski definition) is 5. The third-order valence-electron chi connectivity index (χ3n) is 5.29. The van der Waals surface area contributed by atoms with Crippen LogP contribution in [-0.4, -0.2) is 72.1 Å². The molecule has 29 heavy (non-hydrogen) atoms. The van der Waals surface area contributed by atoms with E-state index in [2.05, 4.69) is 9.80 Å². The summed E-state index contributed by atoms with van der Waals surface area (Å²) in [5, 5.41) is 11.2. The maximum Gasteiger partial charge on any atom is 0.261 e. The fourth-order valence-corrected chi connectivity index (χ4v) is 4.02. The van der Waals surface area contributed by atoms with Crippen LogP contribution in [0.4, 0.5) is 5.69 Å². The third kappa shape index (κ3) is 4.56. The summed E-state index contributed by atoms with van der Waals surface area (Å²) in [7, 11) is 0. The van der Waals surface area contributed by atoms with Crippen molar-refractivity contribution in [3.05, 3.63) is 64.7 Å². The minimum Gasteiger partial charge on any atom is -0.390 e. The van der Waals surface area contributed by atoms with Crippen LogP contribution in [-0.2, 0) is 0 Å². The van der Waals surface area contributed by atoms with Crippen LogP contribution in [0.5, 0.6) is 0 Å². The molecule has 1 fully saturated rings. The number of β-amino-alcohol motifs (C(OH)–C–C–N with tert-alkyl or cyclic N) is 1. The first kappa shape index (κ1) is 21.6. The summed E-state index contributed by atoms with van der Waals surface area (Å²) in [5.74, 6) is -0.657. The van der Waals surface area contributed by atoms with Gasteiger partial charge in [0.05, 0.1) is 23.8 Å². The van der Waals surface area contributed by atoms with E-state index in [-0.39, 0.29) is 30.8 Å².